The van der Waals surface area contributed by atoms with Crippen LogP contribution in [-0.2, 0) is 4.43 Å². The standard InChI is InChI=1S/C17H31BrOSi2/c1-17(2,3)21(7,8)19-16(12-9-10-14-18)13-11-15-20(4,5)6/h9-10,12,14,16H,13H2,1-8H3. The number of rotatable bonds is 5. The maximum atomic E-state index is 6.48. The smallest absolute Gasteiger partial charge is 0.192 e. The van der Waals surface area contributed by atoms with E-state index in [0.717, 1.165) is 6.42 Å². The first-order valence-electron chi connectivity index (χ1n) is 7.50. The molecule has 0 aliphatic rings. The minimum atomic E-state index is -1.77. The first-order chi connectivity index (χ1) is 9.39. The molecule has 1 nitrogen and oxygen atoms in total. The molecule has 120 valence electrons. The van der Waals surface area contributed by atoms with Crippen LogP contribution in [0.5, 0.6) is 0 Å². The monoisotopic (exact) mass is 386 g/mol. The summed E-state index contributed by atoms with van der Waals surface area (Å²) in [6.07, 6.45) is 6.98. The highest BCUT2D eigenvalue weighted by Crippen LogP contribution is 2.37. The molecule has 0 rings (SSSR count). The molecule has 0 heterocycles. The Morgan fingerprint density at radius 3 is 2.10 bits per heavy atom. The molecule has 0 saturated heterocycles. The molecular weight excluding hydrogens is 356 g/mol. The second-order valence-electron chi connectivity index (χ2n) is 7.88. The predicted octanol–water partition coefficient (Wildman–Crippen LogP) is 6.11. The minimum Gasteiger partial charge on any atom is -0.410 e. The average molecular weight is 388 g/mol. The summed E-state index contributed by atoms with van der Waals surface area (Å²) in [5.74, 6) is 3.35. The summed E-state index contributed by atoms with van der Waals surface area (Å²) >= 11 is 3.29. The van der Waals surface area contributed by atoms with Crippen molar-refractivity contribution in [1.82, 2.24) is 0 Å². The van der Waals surface area contributed by atoms with Gasteiger partial charge in [0.15, 0.2) is 8.32 Å². The number of hydrogen-bond donors (Lipinski definition) is 0. The highest BCUT2D eigenvalue weighted by atomic mass is 79.9. The Kier molecular flexibility index (Phi) is 8.49. The first kappa shape index (κ1) is 20.9. The van der Waals surface area contributed by atoms with E-state index in [0.29, 0.717) is 0 Å². The van der Waals surface area contributed by atoms with Crippen molar-refractivity contribution in [3.63, 3.8) is 0 Å². The summed E-state index contributed by atoms with van der Waals surface area (Å²) < 4.78 is 6.48. The van der Waals surface area contributed by atoms with Gasteiger partial charge in [0.1, 0.15) is 8.07 Å². The van der Waals surface area contributed by atoms with Crippen LogP contribution in [0.1, 0.15) is 27.2 Å². The van der Waals surface area contributed by atoms with Crippen LogP contribution in [0.15, 0.2) is 23.2 Å². The van der Waals surface area contributed by atoms with E-state index in [2.05, 4.69) is 87.0 Å². The molecule has 0 aliphatic carbocycles. The van der Waals surface area contributed by atoms with Crippen LogP contribution >= 0.6 is 15.9 Å². The lowest BCUT2D eigenvalue weighted by molar-refractivity contribution is 0.230. The zero-order valence-corrected chi connectivity index (χ0v) is 18.5. The summed E-state index contributed by atoms with van der Waals surface area (Å²) in [6.45, 7) is 18.2. The van der Waals surface area contributed by atoms with Gasteiger partial charge < -0.3 is 4.43 Å². The summed E-state index contributed by atoms with van der Waals surface area (Å²) in [6, 6.07) is 0. The van der Waals surface area contributed by atoms with Gasteiger partial charge in [-0.1, -0.05) is 74.6 Å². The molecule has 0 N–H and O–H groups in total. The molecule has 0 amide bonds. The number of halogens is 1. The Morgan fingerprint density at radius 1 is 1.10 bits per heavy atom. The van der Waals surface area contributed by atoms with Crippen molar-refractivity contribution < 1.29 is 4.43 Å². The lowest BCUT2D eigenvalue weighted by Crippen LogP contribution is -2.43. The molecule has 0 aromatic rings. The van der Waals surface area contributed by atoms with Gasteiger partial charge in [-0.25, -0.2) is 0 Å². The number of hydrogen-bond acceptors (Lipinski definition) is 1. The van der Waals surface area contributed by atoms with E-state index in [1.54, 1.807) is 0 Å². The average Bonchev–Trinajstić information content (AvgIpc) is 2.25. The molecule has 0 aromatic heterocycles. The zero-order valence-electron chi connectivity index (χ0n) is 14.9. The van der Waals surface area contributed by atoms with Crippen molar-refractivity contribution in [3.05, 3.63) is 23.2 Å². The second-order valence-corrected chi connectivity index (χ2v) is 17.9. The molecule has 0 bridgehead atoms. The van der Waals surface area contributed by atoms with E-state index in [9.17, 15) is 0 Å². The Bertz CT molecular complexity index is 428. The maximum absolute atomic E-state index is 6.48. The van der Waals surface area contributed by atoms with Crippen molar-refractivity contribution >= 4 is 32.3 Å². The fourth-order valence-electron chi connectivity index (χ4n) is 1.35. The van der Waals surface area contributed by atoms with Gasteiger partial charge in [-0.2, -0.15) is 0 Å². The van der Waals surface area contributed by atoms with Gasteiger partial charge in [0, 0.05) is 6.42 Å². The number of allylic oxidation sites excluding steroid dienone is 2. The fraction of sp³-hybridized carbons (Fsp3) is 0.647. The quantitative estimate of drug-likeness (QED) is 0.314. The Morgan fingerprint density at radius 2 is 1.67 bits per heavy atom. The van der Waals surface area contributed by atoms with Crippen LogP contribution in [0.4, 0.5) is 0 Å². The van der Waals surface area contributed by atoms with Crippen LogP contribution in [0.3, 0.4) is 0 Å². The van der Waals surface area contributed by atoms with Gasteiger partial charge in [0.05, 0.1) is 6.10 Å². The molecule has 4 heteroatoms. The van der Waals surface area contributed by atoms with Crippen LogP contribution in [-0.4, -0.2) is 22.5 Å². The normalized spacial score (nSPS) is 15.3. The third-order valence-electron chi connectivity index (χ3n) is 3.53. The lowest BCUT2D eigenvalue weighted by Gasteiger charge is -2.38. The van der Waals surface area contributed by atoms with Gasteiger partial charge in [-0.05, 0) is 23.1 Å². The minimum absolute atomic E-state index is 0.0819. The third-order valence-corrected chi connectivity index (χ3v) is 9.26. The highest BCUT2D eigenvalue weighted by Gasteiger charge is 2.38. The first-order valence-corrected chi connectivity index (χ1v) is 14.8. The highest BCUT2D eigenvalue weighted by molar-refractivity contribution is 9.11. The molecule has 0 saturated carbocycles. The van der Waals surface area contributed by atoms with E-state index >= 15 is 0 Å². The topological polar surface area (TPSA) is 9.23 Å². The molecule has 0 aromatic carbocycles. The molecular formula is C17H31BrOSi2. The van der Waals surface area contributed by atoms with Crippen molar-refractivity contribution in [2.75, 3.05) is 0 Å². The van der Waals surface area contributed by atoms with Crippen molar-refractivity contribution in [2.24, 2.45) is 0 Å². The SMILES string of the molecule is CC(C)(C)[Si](C)(C)OC(C=CC=CBr)CC#C[Si](C)(C)C. The van der Waals surface area contributed by atoms with Crippen LogP contribution < -0.4 is 0 Å². The van der Waals surface area contributed by atoms with Crippen molar-refractivity contribution in [3.8, 4) is 11.5 Å². The van der Waals surface area contributed by atoms with Gasteiger partial charge in [0.2, 0.25) is 0 Å². The second kappa shape index (κ2) is 8.52. The van der Waals surface area contributed by atoms with Gasteiger partial charge in [-0.3, -0.25) is 0 Å². The van der Waals surface area contributed by atoms with Crippen LogP contribution in [0.25, 0.3) is 0 Å². The van der Waals surface area contributed by atoms with E-state index in [1.165, 1.54) is 0 Å². The molecule has 0 aliphatic heterocycles. The van der Waals surface area contributed by atoms with Crippen LogP contribution in [0.2, 0.25) is 37.8 Å². The zero-order chi connectivity index (χ0) is 16.7. The maximum Gasteiger partial charge on any atom is 0.192 e. The van der Waals surface area contributed by atoms with Gasteiger partial charge >= 0.3 is 0 Å². The molecule has 0 spiro atoms. The summed E-state index contributed by atoms with van der Waals surface area (Å²) in [5, 5.41) is 0.219. The third kappa shape index (κ3) is 9.52. The Balaban J connectivity index is 5.02. The predicted molar refractivity (Wildman–Crippen MR) is 105 cm³/mol. The molecule has 0 radical (unpaired) electrons. The van der Waals surface area contributed by atoms with E-state index in [1.807, 2.05) is 17.1 Å². The fourth-order valence-corrected chi connectivity index (χ4v) is 3.43. The van der Waals surface area contributed by atoms with E-state index < -0.39 is 16.4 Å². The summed E-state index contributed by atoms with van der Waals surface area (Å²) in [5.41, 5.74) is 3.43. The summed E-state index contributed by atoms with van der Waals surface area (Å²) in [4.78, 5) is 1.85. The van der Waals surface area contributed by atoms with Crippen LogP contribution in [0, 0.1) is 11.5 Å². The van der Waals surface area contributed by atoms with Crippen molar-refractivity contribution in [2.45, 2.75) is 71.1 Å². The van der Waals surface area contributed by atoms with Crippen molar-refractivity contribution in [1.29, 1.82) is 0 Å². The molecule has 1 atom stereocenters. The summed E-state index contributed by atoms with van der Waals surface area (Å²) in [7, 11) is -3.08. The largest absolute Gasteiger partial charge is 0.410 e. The van der Waals surface area contributed by atoms with E-state index in [4.69, 9.17) is 4.43 Å². The lowest BCUT2D eigenvalue weighted by atomic mass is 10.2. The Labute approximate surface area is 142 Å². The van der Waals surface area contributed by atoms with E-state index in [-0.39, 0.29) is 11.1 Å². The molecule has 1 unspecified atom stereocenters. The van der Waals surface area contributed by atoms with Gasteiger partial charge in [-0.15, -0.1) is 11.5 Å². The molecule has 21 heavy (non-hydrogen) atoms. The Hall–Kier alpha value is -0.0862. The van der Waals surface area contributed by atoms with Gasteiger partial charge in [0.25, 0.3) is 0 Å². The molecule has 0 fully saturated rings.